The number of allylic oxidation sites excluding steroid dienone is 1. The second-order valence-corrected chi connectivity index (χ2v) is 5.84. The molecule has 1 aromatic rings. The number of carbonyl (C=O) groups is 1. The molecule has 25 heavy (non-hydrogen) atoms. The number of amides is 1. The van der Waals surface area contributed by atoms with E-state index in [2.05, 4.69) is 11.4 Å². The quantitative estimate of drug-likeness (QED) is 0.579. The lowest BCUT2D eigenvalue weighted by Crippen LogP contribution is -2.22. The second kappa shape index (κ2) is 10.2. The highest BCUT2D eigenvalue weighted by atomic mass is 16.5. The van der Waals surface area contributed by atoms with Crippen molar-refractivity contribution < 1.29 is 14.3 Å². The zero-order chi connectivity index (χ0) is 17.9. The van der Waals surface area contributed by atoms with Gasteiger partial charge in [-0.3, -0.25) is 4.79 Å². The summed E-state index contributed by atoms with van der Waals surface area (Å²) in [4.78, 5) is 11.9. The number of nitrogens with one attached hydrogen (secondary N) is 1. The van der Waals surface area contributed by atoms with Crippen LogP contribution in [0.5, 0.6) is 11.5 Å². The van der Waals surface area contributed by atoms with Gasteiger partial charge in [-0.1, -0.05) is 17.7 Å². The van der Waals surface area contributed by atoms with Crippen LogP contribution in [0.2, 0.25) is 0 Å². The molecule has 1 aromatic carbocycles. The average molecular weight is 340 g/mol. The fourth-order valence-corrected chi connectivity index (χ4v) is 2.73. The van der Waals surface area contributed by atoms with Crippen molar-refractivity contribution in [3.8, 4) is 17.6 Å². The van der Waals surface area contributed by atoms with Crippen LogP contribution < -0.4 is 14.8 Å². The van der Waals surface area contributed by atoms with Gasteiger partial charge in [0, 0.05) is 12.6 Å². The summed E-state index contributed by atoms with van der Waals surface area (Å²) >= 11 is 0. The maximum absolute atomic E-state index is 11.9. The summed E-state index contributed by atoms with van der Waals surface area (Å²) in [6.07, 6.45) is 11.3. The molecule has 0 radical (unpaired) electrons. The van der Waals surface area contributed by atoms with Crippen LogP contribution in [-0.2, 0) is 4.79 Å². The van der Waals surface area contributed by atoms with Crippen molar-refractivity contribution in [2.45, 2.75) is 32.1 Å². The molecule has 0 bridgehead atoms. The Morgan fingerprint density at radius 1 is 1.36 bits per heavy atom. The van der Waals surface area contributed by atoms with Gasteiger partial charge in [-0.25, -0.2) is 0 Å². The third kappa shape index (κ3) is 6.34. The summed E-state index contributed by atoms with van der Waals surface area (Å²) in [5, 5.41) is 11.5. The number of rotatable bonds is 8. The van der Waals surface area contributed by atoms with Gasteiger partial charge in [0.25, 0.3) is 0 Å². The zero-order valence-corrected chi connectivity index (χ0v) is 14.6. The lowest BCUT2D eigenvalue weighted by Gasteiger charge is -2.12. The first-order chi connectivity index (χ1) is 12.2. The van der Waals surface area contributed by atoms with Gasteiger partial charge >= 0.3 is 0 Å². The minimum absolute atomic E-state index is 0.0373. The molecule has 5 heteroatoms. The molecule has 5 nitrogen and oxygen atoms in total. The van der Waals surface area contributed by atoms with E-state index < -0.39 is 0 Å². The molecule has 2 rings (SSSR count). The van der Waals surface area contributed by atoms with Gasteiger partial charge < -0.3 is 14.8 Å². The van der Waals surface area contributed by atoms with Crippen molar-refractivity contribution in [1.29, 1.82) is 5.26 Å². The average Bonchev–Trinajstić information content (AvgIpc) is 2.65. The largest absolute Gasteiger partial charge is 0.493 e. The number of nitriles is 1. The van der Waals surface area contributed by atoms with E-state index in [0.29, 0.717) is 18.0 Å². The molecule has 0 saturated heterocycles. The molecule has 0 aliphatic heterocycles. The Balaban J connectivity index is 1.84. The SMILES string of the molecule is COc1cc(/C=C/C(=O)NCCC2=CCCCC2)ccc1OCC#N. The normalized spacial score (nSPS) is 13.8. The highest BCUT2D eigenvalue weighted by molar-refractivity contribution is 5.91. The number of carbonyl (C=O) groups excluding carboxylic acids is 1. The molecule has 0 saturated carbocycles. The Morgan fingerprint density at radius 2 is 2.24 bits per heavy atom. The van der Waals surface area contributed by atoms with Gasteiger partial charge in [0.1, 0.15) is 6.07 Å². The van der Waals surface area contributed by atoms with Crippen molar-refractivity contribution >= 4 is 12.0 Å². The van der Waals surface area contributed by atoms with E-state index >= 15 is 0 Å². The molecule has 1 N–H and O–H groups in total. The molecule has 0 fully saturated rings. The van der Waals surface area contributed by atoms with E-state index in [1.807, 2.05) is 12.1 Å². The van der Waals surface area contributed by atoms with Crippen molar-refractivity contribution in [3.63, 3.8) is 0 Å². The molecule has 0 unspecified atom stereocenters. The van der Waals surface area contributed by atoms with Gasteiger partial charge in [0.2, 0.25) is 5.91 Å². The van der Waals surface area contributed by atoms with Crippen LogP contribution in [0.3, 0.4) is 0 Å². The van der Waals surface area contributed by atoms with Crippen LogP contribution in [-0.4, -0.2) is 26.2 Å². The summed E-state index contributed by atoms with van der Waals surface area (Å²) in [7, 11) is 1.54. The summed E-state index contributed by atoms with van der Waals surface area (Å²) in [5.74, 6) is 0.925. The zero-order valence-electron chi connectivity index (χ0n) is 14.6. The van der Waals surface area contributed by atoms with Gasteiger partial charge in [0.05, 0.1) is 7.11 Å². The molecule has 1 aliphatic rings. The molecular formula is C20H24N2O3. The number of hydrogen-bond donors (Lipinski definition) is 1. The number of methoxy groups -OCH3 is 1. The Hall–Kier alpha value is -2.74. The Labute approximate surface area is 148 Å². The van der Waals surface area contributed by atoms with E-state index in [9.17, 15) is 4.79 Å². The molecule has 1 amide bonds. The molecule has 132 valence electrons. The van der Waals surface area contributed by atoms with E-state index in [-0.39, 0.29) is 12.5 Å². The third-order valence-corrected chi connectivity index (χ3v) is 4.04. The van der Waals surface area contributed by atoms with Gasteiger partial charge in [-0.15, -0.1) is 0 Å². The smallest absolute Gasteiger partial charge is 0.244 e. The summed E-state index contributed by atoms with van der Waals surface area (Å²) in [5.41, 5.74) is 2.28. The lowest BCUT2D eigenvalue weighted by atomic mass is 9.97. The Bertz CT molecular complexity index is 687. The number of benzene rings is 1. The second-order valence-electron chi connectivity index (χ2n) is 5.84. The van der Waals surface area contributed by atoms with Crippen LogP contribution in [0, 0.1) is 11.3 Å². The monoisotopic (exact) mass is 340 g/mol. The van der Waals surface area contributed by atoms with Crippen LogP contribution in [0.4, 0.5) is 0 Å². The van der Waals surface area contributed by atoms with Crippen LogP contribution >= 0.6 is 0 Å². The summed E-state index contributed by atoms with van der Waals surface area (Å²) in [6.45, 7) is 0.629. The molecule has 0 spiro atoms. The molecule has 0 heterocycles. The van der Waals surface area contributed by atoms with Crippen molar-refractivity contribution in [3.05, 3.63) is 41.5 Å². The van der Waals surface area contributed by atoms with Crippen LogP contribution in [0.15, 0.2) is 35.9 Å². The van der Waals surface area contributed by atoms with Gasteiger partial charge in [-0.05, 0) is 55.9 Å². The topological polar surface area (TPSA) is 71.3 Å². The van der Waals surface area contributed by atoms with Gasteiger partial charge in [0.15, 0.2) is 18.1 Å². The maximum Gasteiger partial charge on any atom is 0.244 e. The van der Waals surface area contributed by atoms with Crippen molar-refractivity contribution in [1.82, 2.24) is 5.32 Å². The number of nitrogens with zero attached hydrogens (tertiary/aromatic N) is 1. The Morgan fingerprint density at radius 3 is 2.96 bits per heavy atom. The van der Waals surface area contributed by atoms with Crippen LogP contribution in [0.1, 0.15) is 37.7 Å². The number of hydrogen-bond acceptors (Lipinski definition) is 4. The minimum atomic E-state index is -0.111. The third-order valence-electron chi connectivity index (χ3n) is 4.04. The molecule has 0 atom stereocenters. The summed E-state index contributed by atoms with van der Waals surface area (Å²) in [6, 6.07) is 7.22. The summed E-state index contributed by atoms with van der Waals surface area (Å²) < 4.78 is 10.5. The molecule has 1 aliphatic carbocycles. The van der Waals surface area contributed by atoms with Crippen molar-refractivity contribution in [2.75, 3.05) is 20.3 Å². The predicted molar refractivity (Wildman–Crippen MR) is 97.3 cm³/mol. The standard InChI is InChI=1S/C20H24N2O3/c1-24-19-15-17(7-9-18(19)25-14-12-21)8-10-20(23)22-13-11-16-5-3-2-4-6-16/h5,7-10,15H,2-4,6,11,13-14H2,1H3,(H,22,23)/b10-8+. The van der Waals surface area contributed by atoms with E-state index in [0.717, 1.165) is 18.4 Å². The maximum atomic E-state index is 11.9. The lowest BCUT2D eigenvalue weighted by molar-refractivity contribution is -0.116. The molecular weight excluding hydrogens is 316 g/mol. The predicted octanol–water partition coefficient (Wildman–Crippen LogP) is 3.62. The highest BCUT2D eigenvalue weighted by Crippen LogP contribution is 2.28. The highest BCUT2D eigenvalue weighted by Gasteiger charge is 2.06. The fraction of sp³-hybridized carbons (Fsp3) is 0.400. The van der Waals surface area contributed by atoms with Gasteiger partial charge in [-0.2, -0.15) is 5.26 Å². The Kier molecular flexibility index (Phi) is 7.58. The van der Waals surface area contributed by atoms with Crippen LogP contribution in [0.25, 0.3) is 6.08 Å². The first kappa shape index (κ1) is 18.6. The number of ether oxygens (including phenoxy) is 2. The van der Waals surface area contributed by atoms with E-state index in [4.69, 9.17) is 14.7 Å². The van der Waals surface area contributed by atoms with E-state index in [1.54, 1.807) is 18.2 Å². The van der Waals surface area contributed by atoms with Crippen molar-refractivity contribution in [2.24, 2.45) is 0 Å². The fourth-order valence-electron chi connectivity index (χ4n) is 2.73. The van der Waals surface area contributed by atoms with E-state index in [1.165, 1.54) is 38.0 Å². The minimum Gasteiger partial charge on any atom is -0.493 e. The first-order valence-corrected chi connectivity index (χ1v) is 8.54. The molecule has 0 aromatic heterocycles. The first-order valence-electron chi connectivity index (χ1n) is 8.54.